The molecule has 1 heterocycles. The summed E-state index contributed by atoms with van der Waals surface area (Å²) in [5.41, 5.74) is 0.727. The number of carbonyl (C=O) groups excluding carboxylic acids is 2. The third-order valence-corrected chi connectivity index (χ3v) is 5.41. The molecule has 2 aromatic carbocycles. The van der Waals surface area contributed by atoms with Crippen LogP contribution in [-0.4, -0.2) is 60.9 Å². The molecule has 1 fully saturated rings. The molecule has 30 heavy (non-hydrogen) atoms. The van der Waals surface area contributed by atoms with E-state index in [0.717, 1.165) is 32.2 Å². The number of rotatable bonds is 7. The highest BCUT2D eigenvalue weighted by Crippen LogP contribution is 2.20. The Kier molecular flexibility index (Phi) is 8.04. The summed E-state index contributed by atoms with van der Waals surface area (Å²) < 4.78 is 13.8. The van der Waals surface area contributed by atoms with Gasteiger partial charge in [0.25, 0.3) is 0 Å². The van der Waals surface area contributed by atoms with Gasteiger partial charge in [-0.1, -0.05) is 35.3 Å². The number of amides is 2. The molecule has 0 aliphatic carbocycles. The van der Waals surface area contributed by atoms with Gasteiger partial charge >= 0.3 is 0 Å². The number of hydrogen-bond acceptors (Lipinski definition) is 4. The average molecular weight is 453 g/mol. The topological polar surface area (TPSA) is 64.7 Å². The van der Waals surface area contributed by atoms with Gasteiger partial charge in [-0.15, -0.1) is 0 Å². The maximum absolute atomic E-state index is 13.8. The molecule has 0 spiro atoms. The largest absolute Gasteiger partial charge is 0.324 e. The lowest BCUT2D eigenvalue weighted by molar-refractivity contribution is -0.117. The van der Waals surface area contributed by atoms with E-state index < -0.39 is 5.82 Å². The van der Waals surface area contributed by atoms with Crippen molar-refractivity contribution in [2.75, 3.05) is 49.9 Å². The van der Waals surface area contributed by atoms with Crippen molar-refractivity contribution in [3.8, 4) is 0 Å². The fourth-order valence-electron chi connectivity index (χ4n) is 3.19. The van der Waals surface area contributed by atoms with Crippen LogP contribution in [0.15, 0.2) is 42.5 Å². The van der Waals surface area contributed by atoms with Crippen LogP contribution in [0.5, 0.6) is 0 Å². The highest BCUT2D eigenvalue weighted by Gasteiger charge is 2.20. The van der Waals surface area contributed by atoms with E-state index in [0.29, 0.717) is 17.3 Å². The standard InChI is InChI=1S/C21H23Cl2FN4O2/c22-15-5-6-19(17(24)13-15)26-20(29)7-8-27-9-11-28(12-10-27)14-21(30)25-18-4-2-1-3-16(18)23/h1-6,13H,7-12,14H2,(H,25,30)(H,26,29). The van der Waals surface area contributed by atoms with Crippen LogP contribution in [0.1, 0.15) is 6.42 Å². The molecule has 0 aromatic heterocycles. The van der Waals surface area contributed by atoms with Crippen molar-refractivity contribution >= 4 is 46.4 Å². The lowest BCUT2D eigenvalue weighted by atomic mass is 10.2. The Balaban J connectivity index is 1.36. The number of anilines is 2. The van der Waals surface area contributed by atoms with Crippen LogP contribution >= 0.6 is 23.2 Å². The van der Waals surface area contributed by atoms with Crippen LogP contribution in [0, 0.1) is 5.82 Å². The summed E-state index contributed by atoms with van der Waals surface area (Å²) in [7, 11) is 0. The Morgan fingerprint density at radius 3 is 2.27 bits per heavy atom. The molecule has 1 saturated heterocycles. The van der Waals surface area contributed by atoms with Crippen LogP contribution in [0.2, 0.25) is 10.0 Å². The predicted molar refractivity (Wildman–Crippen MR) is 118 cm³/mol. The van der Waals surface area contributed by atoms with Crippen LogP contribution in [0.3, 0.4) is 0 Å². The van der Waals surface area contributed by atoms with Gasteiger partial charge in [0.15, 0.2) is 0 Å². The van der Waals surface area contributed by atoms with E-state index in [-0.39, 0.29) is 35.5 Å². The summed E-state index contributed by atoms with van der Waals surface area (Å²) >= 11 is 11.8. The first-order chi connectivity index (χ1) is 14.4. The quantitative estimate of drug-likeness (QED) is 0.671. The smallest absolute Gasteiger partial charge is 0.238 e. The first kappa shape index (κ1) is 22.5. The molecule has 160 valence electrons. The Hall–Kier alpha value is -2.19. The molecular formula is C21H23Cl2FN4O2. The van der Waals surface area contributed by atoms with E-state index in [2.05, 4.69) is 20.4 Å². The Labute approximate surface area is 184 Å². The van der Waals surface area contributed by atoms with Gasteiger partial charge in [-0.3, -0.25) is 14.5 Å². The zero-order chi connectivity index (χ0) is 21.5. The normalized spacial score (nSPS) is 15.0. The highest BCUT2D eigenvalue weighted by atomic mass is 35.5. The minimum Gasteiger partial charge on any atom is -0.324 e. The minimum absolute atomic E-state index is 0.110. The van der Waals surface area contributed by atoms with Gasteiger partial charge in [-0.2, -0.15) is 0 Å². The second-order valence-corrected chi connectivity index (χ2v) is 7.91. The zero-order valence-corrected chi connectivity index (χ0v) is 17.8. The Morgan fingerprint density at radius 1 is 0.900 bits per heavy atom. The highest BCUT2D eigenvalue weighted by molar-refractivity contribution is 6.33. The van der Waals surface area contributed by atoms with E-state index in [1.54, 1.807) is 12.1 Å². The van der Waals surface area contributed by atoms with Crippen LogP contribution in [0.4, 0.5) is 15.8 Å². The van der Waals surface area contributed by atoms with Crippen molar-refractivity contribution in [2.24, 2.45) is 0 Å². The van der Waals surface area contributed by atoms with Gasteiger partial charge in [-0.25, -0.2) is 4.39 Å². The zero-order valence-electron chi connectivity index (χ0n) is 16.3. The summed E-state index contributed by atoms with van der Waals surface area (Å²) in [5, 5.41) is 6.18. The minimum atomic E-state index is -0.556. The van der Waals surface area contributed by atoms with Gasteiger partial charge in [0.2, 0.25) is 11.8 Å². The van der Waals surface area contributed by atoms with Gasteiger partial charge in [0.05, 0.1) is 22.9 Å². The molecule has 0 saturated carbocycles. The lowest BCUT2D eigenvalue weighted by Crippen LogP contribution is -2.49. The van der Waals surface area contributed by atoms with Crippen molar-refractivity contribution < 1.29 is 14.0 Å². The molecule has 1 aliphatic rings. The lowest BCUT2D eigenvalue weighted by Gasteiger charge is -2.34. The molecule has 6 nitrogen and oxygen atoms in total. The van der Waals surface area contributed by atoms with E-state index in [4.69, 9.17) is 23.2 Å². The van der Waals surface area contributed by atoms with Crippen molar-refractivity contribution in [3.05, 3.63) is 58.3 Å². The summed E-state index contributed by atoms with van der Waals surface area (Å²) in [6.45, 7) is 3.81. The maximum Gasteiger partial charge on any atom is 0.238 e. The summed E-state index contributed by atoms with van der Waals surface area (Å²) in [6, 6.07) is 11.3. The number of piperazine rings is 1. The second kappa shape index (κ2) is 10.7. The molecule has 2 amide bonds. The molecule has 2 aromatic rings. The monoisotopic (exact) mass is 452 g/mol. The Bertz CT molecular complexity index is 904. The number of hydrogen-bond donors (Lipinski definition) is 2. The number of benzene rings is 2. The number of carbonyl (C=O) groups is 2. The predicted octanol–water partition coefficient (Wildman–Crippen LogP) is 3.72. The third-order valence-electron chi connectivity index (χ3n) is 4.84. The summed E-state index contributed by atoms with van der Waals surface area (Å²) in [4.78, 5) is 28.5. The van der Waals surface area contributed by atoms with Crippen molar-refractivity contribution in [1.29, 1.82) is 0 Å². The van der Waals surface area contributed by atoms with E-state index >= 15 is 0 Å². The van der Waals surface area contributed by atoms with Crippen LogP contribution in [-0.2, 0) is 9.59 Å². The molecule has 1 aliphatic heterocycles. The van der Waals surface area contributed by atoms with Gasteiger partial charge in [0.1, 0.15) is 5.82 Å². The number of nitrogens with one attached hydrogen (secondary N) is 2. The van der Waals surface area contributed by atoms with Gasteiger partial charge < -0.3 is 15.5 Å². The molecule has 2 N–H and O–H groups in total. The van der Waals surface area contributed by atoms with Crippen molar-refractivity contribution in [2.45, 2.75) is 6.42 Å². The molecular weight excluding hydrogens is 430 g/mol. The van der Waals surface area contributed by atoms with Crippen LogP contribution in [0.25, 0.3) is 0 Å². The summed E-state index contributed by atoms with van der Waals surface area (Å²) in [6.07, 6.45) is 0.259. The number of para-hydroxylation sites is 1. The maximum atomic E-state index is 13.8. The first-order valence-electron chi connectivity index (χ1n) is 9.65. The molecule has 9 heteroatoms. The number of nitrogens with zero attached hydrogens (tertiary/aromatic N) is 2. The average Bonchev–Trinajstić information content (AvgIpc) is 2.71. The van der Waals surface area contributed by atoms with Gasteiger partial charge in [-0.05, 0) is 30.3 Å². The molecule has 0 radical (unpaired) electrons. The molecule has 0 bridgehead atoms. The van der Waals surface area contributed by atoms with E-state index in [1.165, 1.54) is 12.1 Å². The van der Waals surface area contributed by atoms with Gasteiger partial charge in [0, 0.05) is 44.2 Å². The summed E-state index contributed by atoms with van der Waals surface area (Å²) in [5.74, 6) is -0.918. The van der Waals surface area contributed by atoms with Crippen molar-refractivity contribution in [3.63, 3.8) is 0 Å². The van der Waals surface area contributed by atoms with Crippen molar-refractivity contribution in [1.82, 2.24) is 9.80 Å². The fourth-order valence-corrected chi connectivity index (χ4v) is 3.53. The number of halogens is 3. The SMILES string of the molecule is O=C(CCN1CCN(CC(=O)Nc2ccccc2Cl)CC1)Nc1ccc(Cl)cc1F. The second-order valence-electron chi connectivity index (χ2n) is 7.07. The molecule has 3 rings (SSSR count). The Morgan fingerprint density at radius 2 is 1.57 bits per heavy atom. The molecule has 0 atom stereocenters. The first-order valence-corrected chi connectivity index (χ1v) is 10.4. The fraction of sp³-hybridized carbons (Fsp3) is 0.333. The molecule has 0 unspecified atom stereocenters. The third kappa shape index (κ3) is 6.67. The van der Waals surface area contributed by atoms with Crippen LogP contribution < -0.4 is 10.6 Å². The van der Waals surface area contributed by atoms with E-state index in [9.17, 15) is 14.0 Å². The van der Waals surface area contributed by atoms with E-state index in [1.807, 2.05) is 12.1 Å².